The maximum atomic E-state index is 12.4. The molecular weight excluding hydrogens is 388 g/mol. The van der Waals surface area contributed by atoms with Crippen molar-refractivity contribution in [2.24, 2.45) is 0 Å². The van der Waals surface area contributed by atoms with E-state index in [-0.39, 0.29) is 17.5 Å². The van der Waals surface area contributed by atoms with E-state index in [9.17, 15) is 13.2 Å². The summed E-state index contributed by atoms with van der Waals surface area (Å²) in [7, 11) is -0.599. The number of H-pyrrole nitrogens is 1. The van der Waals surface area contributed by atoms with Gasteiger partial charge in [-0.3, -0.25) is 0 Å². The van der Waals surface area contributed by atoms with Gasteiger partial charge < -0.3 is 15.6 Å². The van der Waals surface area contributed by atoms with E-state index in [1.807, 2.05) is 25.1 Å². The van der Waals surface area contributed by atoms with Crippen molar-refractivity contribution >= 4 is 27.0 Å². The van der Waals surface area contributed by atoms with Crippen molar-refractivity contribution in [3.8, 4) is 0 Å². The maximum Gasteiger partial charge on any atom is 0.315 e. The minimum atomic E-state index is -3.57. The van der Waals surface area contributed by atoms with Gasteiger partial charge in [0, 0.05) is 43.8 Å². The second-order valence-electron chi connectivity index (χ2n) is 7.03. The predicted octanol–water partition coefficient (Wildman–Crippen LogP) is 2.77. The van der Waals surface area contributed by atoms with E-state index in [0.717, 1.165) is 20.9 Å². The molecule has 0 aliphatic heterocycles. The minimum absolute atomic E-state index is 0.126. The number of aromatic nitrogens is 1. The van der Waals surface area contributed by atoms with Crippen molar-refractivity contribution in [1.29, 1.82) is 0 Å². The Labute approximate surface area is 171 Å². The van der Waals surface area contributed by atoms with Gasteiger partial charge in [0.15, 0.2) is 0 Å². The molecule has 0 unspecified atom stereocenters. The molecule has 2 amide bonds. The Bertz CT molecular complexity index is 1120. The molecular formula is C21H26N4O3S. The lowest BCUT2D eigenvalue weighted by molar-refractivity contribution is 0.240. The number of benzene rings is 2. The molecule has 154 valence electrons. The van der Waals surface area contributed by atoms with Crippen molar-refractivity contribution in [1.82, 2.24) is 19.9 Å². The van der Waals surface area contributed by atoms with Gasteiger partial charge in [-0.05, 0) is 36.6 Å². The number of carbonyl (C=O) groups excluding carboxylic acids is 1. The van der Waals surface area contributed by atoms with Crippen LogP contribution < -0.4 is 10.6 Å². The van der Waals surface area contributed by atoms with Crippen molar-refractivity contribution in [3.05, 3.63) is 65.4 Å². The number of sulfonamides is 1. The highest BCUT2D eigenvalue weighted by Gasteiger charge is 2.20. The molecule has 1 heterocycles. The highest BCUT2D eigenvalue weighted by atomic mass is 32.2. The molecule has 2 aromatic carbocycles. The van der Waals surface area contributed by atoms with Gasteiger partial charge in [0.25, 0.3) is 0 Å². The molecule has 0 aliphatic rings. The fourth-order valence-corrected chi connectivity index (χ4v) is 4.41. The number of carbonyl (C=O) groups is 1. The fourth-order valence-electron chi connectivity index (χ4n) is 3.29. The van der Waals surface area contributed by atoms with Crippen LogP contribution in [0.25, 0.3) is 10.9 Å². The Morgan fingerprint density at radius 2 is 1.72 bits per heavy atom. The Balaban J connectivity index is 1.58. The van der Waals surface area contributed by atoms with Crippen LogP contribution in [0.5, 0.6) is 0 Å². The SMILES string of the molecule is Cc1[nH]c2ccccc2c1CCNC(=O)NCc1ccccc1S(=O)(=O)N(C)C. The summed E-state index contributed by atoms with van der Waals surface area (Å²) in [6.07, 6.45) is 0.703. The third-order valence-corrected chi connectivity index (χ3v) is 6.77. The Kier molecular flexibility index (Phi) is 6.24. The van der Waals surface area contributed by atoms with Crippen LogP contribution in [0.3, 0.4) is 0 Å². The van der Waals surface area contributed by atoms with E-state index in [4.69, 9.17) is 0 Å². The quantitative estimate of drug-likeness (QED) is 0.555. The normalized spacial score (nSPS) is 11.7. The zero-order valence-electron chi connectivity index (χ0n) is 16.8. The summed E-state index contributed by atoms with van der Waals surface area (Å²) >= 11 is 0. The standard InChI is InChI=1S/C21H26N4O3S/c1-15-17(18-9-5-6-10-19(18)24-15)12-13-22-21(26)23-14-16-8-4-7-11-20(16)29(27,28)25(2)3/h4-11,24H,12-14H2,1-3H3,(H2,22,23,26). The highest BCUT2D eigenvalue weighted by molar-refractivity contribution is 7.89. The topological polar surface area (TPSA) is 94.3 Å². The largest absolute Gasteiger partial charge is 0.358 e. The van der Waals surface area contributed by atoms with E-state index >= 15 is 0 Å². The lowest BCUT2D eigenvalue weighted by Crippen LogP contribution is -2.36. The van der Waals surface area contributed by atoms with Crippen LogP contribution in [0.2, 0.25) is 0 Å². The van der Waals surface area contributed by atoms with Gasteiger partial charge in [-0.15, -0.1) is 0 Å². The third-order valence-electron chi connectivity index (χ3n) is 4.86. The number of rotatable bonds is 7. The van der Waals surface area contributed by atoms with Crippen LogP contribution in [0.15, 0.2) is 53.4 Å². The van der Waals surface area contributed by atoms with Gasteiger partial charge in [0.1, 0.15) is 0 Å². The van der Waals surface area contributed by atoms with Crippen LogP contribution >= 0.6 is 0 Å². The van der Waals surface area contributed by atoms with Crippen LogP contribution in [0.1, 0.15) is 16.8 Å². The average molecular weight is 415 g/mol. The molecule has 0 saturated carbocycles. The highest BCUT2D eigenvalue weighted by Crippen LogP contribution is 2.22. The molecule has 8 heteroatoms. The summed E-state index contributed by atoms with van der Waals surface area (Å²) in [6, 6.07) is 14.4. The molecule has 7 nitrogen and oxygen atoms in total. The number of nitrogens with zero attached hydrogens (tertiary/aromatic N) is 1. The monoisotopic (exact) mass is 414 g/mol. The summed E-state index contributed by atoms with van der Waals surface area (Å²) in [5, 5.41) is 6.74. The van der Waals surface area contributed by atoms with Crippen molar-refractivity contribution < 1.29 is 13.2 Å². The Hall–Kier alpha value is -2.84. The van der Waals surface area contributed by atoms with Gasteiger partial charge in [-0.1, -0.05) is 36.4 Å². The molecule has 0 fully saturated rings. The first-order chi connectivity index (χ1) is 13.8. The van der Waals surface area contributed by atoms with Crippen LogP contribution in [0.4, 0.5) is 4.79 Å². The average Bonchev–Trinajstić information content (AvgIpc) is 3.02. The molecule has 0 radical (unpaired) electrons. The van der Waals surface area contributed by atoms with E-state index in [1.165, 1.54) is 19.7 Å². The van der Waals surface area contributed by atoms with Gasteiger partial charge >= 0.3 is 6.03 Å². The van der Waals surface area contributed by atoms with Crippen LogP contribution in [-0.2, 0) is 23.0 Å². The molecule has 3 aromatic rings. The Morgan fingerprint density at radius 1 is 1.03 bits per heavy atom. The Morgan fingerprint density at radius 3 is 2.48 bits per heavy atom. The number of fused-ring (bicyclic) bond motifs is 1. The molecule has 3 N–H and O–H groups in total. The first kappa shape index (κ1) is 20.9. The second kappa shape index (κ2) is 8.67. The minimum Gasteiger partial charge on any atom is -0.358 e. The summed E-state index contributed by atoms with van der Waals surface area (Å²) in [6.45, 7) is 2.63. The van der Waals surface area contributed by atoms with Gasteiger partial charge in [0.05, 0.1) is 4.90 Å². The summed E-state index contributed by atoms with van der Waals surface area (Å²) < 4.78 is 26.0. The number of amides is 2. The molecule has 0 aliphatic carbocycles. The second-order valence-corrected chi connectivity index (χ2v) is 9.15. The summed E-state index contributed by atoms with van der Waals surface area (Å²) in [5.41, 5.74) is 3.91. The van der Waals surface area contributed by atoms with E-state index < -0.39 is 10.0 Å². The van der Waals surface area contributed by atoms with Crippen molar-refractivity contribution in [2.45, 2.75) is 24.8 Å². The first-order valence-electron chi connectivity index (χ1n) is 9.39. The molecule has 3 rings (SSSR count). The third kappa shape index (κ3) is 4.60. The van der Waals surface area contributed by atoms with Crippen LogP contribution in [0, 0.1) is 6.92 Å². The van der Waals surface area contributed by atoms with Gasteiger partial charge in [0.2, 0.25) is 10.0 Å². The number of para-hydroxylation sites is 1. The van der Waals surface area contributed by atoms with Crippen LogP contribution in [-0.4, -0.2) is 44.4 Å². The number of hydrogen-bond donors (Lipinski definition) is 3. The van der Waals surface area contributed by atoms with E-state index in [2.05, 4.69) is 21.7 Å². The van der Waals surface area contributed by atoms with E-state index in [0.29, 0.717) is 18.5 Å². The van der Waals surface area contributed by atoms with Gasteiger partial charge in [-0.25, -0.2) is 17.5 Å². The lowest BCUT2D eigenvalue weighted by atomic mass is 10.1. The molecule has 0 spiro atoms. The molecule has 1 aromatic heterocycles. The zero-order chi connectivity index (χ0) is 21.0. The molecule has 0 bridgehead atoms. The smallest absolute Gasteiger partial charge is 0.315 e. The fraction of sp³-hybridized carbons (Fsp3) is 0.286. The molecule has 0 saturated heterocycles. The molecule has 29 heavy (non-hydrogen) atoms. The number of urea groups is 1. The number of nitrogens with one attached hydrogen (secondary N) is 3. The number of aryl methyl sites for hydroxylation is 1. The first-order valence-corrected chi connectivity index (χ1v) is 10.8. The zero-order valence-corrected chi connectivity index (χ0v) is 17.6. The predicted molar refractivity (Wildman–Crippen MR) is 114 cm³/mol. The number of hydrogen-bond acceptors (Lipinski definition) is 3. The summed E-state index contributed by atoms with van der Waals surface area (Å²) in [5.74, 6) is 0. The maximum absolute atomic E-state index is 12.4. The summed E-state index contributed by atoms with van der Waals surface area (Å²) in [4.78, 5) is 15.7. The number of aromatic amines is 1. The van der Waals surface area contributed by atoms with Gasteiger partial charge in [-0.2, -0.15) is 0 Å². The molecule has 0 atom stereocenters. The lowest BCUT2D eigenvalue weighted by Gasteiger charge is -2.15. The van der Waals surface area contributed by atoms with E-state index in [1.54, 1.807) is 24.3 Å². The van der Waals surface area contributed by atoms with Crippen molar-refractivity contribution in [3.63, 3.8) is 0 Å². The van der Waals surface area contributed by atoms with Crippen molar-refractivity contribution in [2.75, 3.05) is 20.6 Å².